The normalized spacial score (nSPS) is 28.8. The summed E-state index contributed by atoms with van der Waals surface area (Å²) in [5.41, 5.74) is 8.23. The molecule has 0 spiro atoms. The van der Waals surface area contributed by atoms with Crippen LogP contribution in [0.25, 0.3) is 0 Å². The van der Waals surface area contributed by atoms with Crippen molar-refractivity contribution in [1.82, 2.24) is 15.8 Å². The standard InChI is InChI=1S/C25H31N3O5/c1-3-32-19-11-10-15(13-20(19)31-2)24-21-22(17-8-4-5-9-18(17)29)26-27-23(21)25(30)28(24)14-16-7-6-12-33-16/h4-5,8-11,13,16,21-24,26-27,29H,3,6-7,12,14H2,1-2H3. The van der Waals surface area contributed by atoms with Crippen LogP contribution in [0.2, 0.25) is 0 Å². The van der Waals surface area contributed by atoms with E-state index in [0.717, 1.165) is 30.6 Å². The molecule has 8 nitrogen and oxygen atoms in total. The Bertz CT molecular complexity index is 1010. The lowest BCUT2D eigenvalue weighted by atomic mass is 9.83. The Kier molecular flexibility index (Phi) is 6.14. The van der Waals surface area contributed by atoms with E-state index >= 15 is 0 Å². The third kappa shape index (κ3) is 3.92. The largest absolute Gasteiger partial charge is 0.508 e. The Morgan fingerprint density at radius 1 is 1.15 bits per heavy atom. The molecule has 3 saturated heterocycles. The van der Waals surface area contributed by atoms with Crippen LogP contribution in [0, 0.1) is 5.92 Å². The summed E-state index contributed by atoms with van der Waals surface area (Å²) in [7, 11) is 1.62. The van der Waals surface area contributed by atoms with E-state index in [1.807, 2.05) is 42.2 Å². The summed E-state index contributed by atoms with van der Waals surface area (Å²) < 4.78 is 17.2. The van der Waals surface area contributed by atoms with Crippen LogP contribution >= 0.6 is 0 Å². The Morgan fingerprint density at radius 2 is 1.97 bits per heavy atom. The van der Waals surface area contributed by atoms with Crippen molar-refractivity contribution in [1.29, 1.82) is 0 Å². The second kappa shape index (κ2) is 9.21. The molecule has 176 valence electrons. The zero-order valence-corrected chi connectivity index (χ0v) is 19.0. The number of likely N-dealkylation sites (tertiary alicyclic amines) is 1. The predicted octanol–water partition coefficient (Wildman–Crippen LogP) is 2.70. The summed E-state index contributed by atoms with van der Waals surface area (Å²) in [6.45, 7) is 3.75. The number of hydrogen-bond acceptors (Lipinski definition) is 7. The molecule has 0 radical (unpaired) electrons. The van der Waals surface area contributed by atoms with Crippen molar-refractivity contribution in [2.24, 2.45) is 5.92 Å². The molecule has 3 fully saturated rings. The lowest BCUT2D eigenvalue weighted by Crippen LogP contribution is -2.43. The van der Waals surface area contributed by atoms with Crippen LogP contribution in [-0.2, 0) is 9.53 Å². The van der Waals surface area contributed by atoms with Crippen molar-refractivity contribution < 1.29 is 24.1 Å². The molecule has 0 bridgehead atoms. The number of phenols is 1. The van der Waals surface area contributed by atoms with Gasteiger partial charge in [0.25, 0.3) is 0 Å². The highest BCUT2D eigenvalue weighted by Gasteiger charge is 2.56. The van der Waals surface area contributed by atoms with Crippen molar-refractivity contribution in [2.45, 2.75) is 44.0 Å². The maximum Gasteiger partial charge on any atom is 0.242 e. The number of fused-ring (bicyclic) bond motifs is 1. The predicted molar refractivity (Wildman–Crippen MR) is 122 cm³/mol. The minimum Gasteiger partial charge on any atom is -0.508 e. The van der Waals surface area contributed by atoms with Crippen LogP contribution < -0.4 is 20.3 Å². The van der Waals surface area contributed by atoms with Crippen LogP contribution in [-0.4, -0.2) is 54.9 Å². The number of nitrogens with zero attached hydrogens (tertiary/aromatic N) is 1. The van der Waals surface area contributed by atoms with Gasteiger partial charge >= 0.3 is 0 Å². The average Bonchev–Trinajstić information content (AvgIpc) is 3.55. The Balaban J connectivity index is 1.56. The van der Waals surface area contributed by atoms with E-state index in [4.69, 9.17) is 14.2 Å². The number of methoxy groups -OCH3 is 1. The molecule has 0 aromatic heterocycles. The molecule has 5 unspecified atom stereocenters. The lowest BCUT2D eigenvalue weighted by molar-refractivity contribution is -0.132. The maximum absolute atomic E-state index is 13.6. The van der Waals surface area contributed by atoms with Crippen molar-refractivity contribution in [3.63, 3.8) is 0 Å². The smallest absolute Gasteiger partial charge is 0.242 e. The molecule has 1 amide bonds. The van der Waals surface area contributed by atoms with Gasteiger partial charge in [0, 0.05) is 24.6 Å². The van der Waals surface area contributed by atoms with Gasteiger partial charge in [-0.1, -0.05) is 24.3 Å². The molecule has 5 atom stereocenters. The quantitative estimate of drug-likeness (QED) is 0.594. The summed E-state index contributed by atoms with van der Waals surface area (Å²) in [5, 5.41) is 10.6. The van der Waals surface area contributed by atoms with E-state index in [1.54, 1.807) is 19.2 Å². The molecule has 8 heteroatoms. The van der Waals surface area contributed by atoms with Gasteiger partial charge in [0.05, 0.1) is 31.9 Å². The second-order valence-electron chi connectivity index (χ2n) is 8.79. The van der Waals surface area contributed by atoms with Gasteiger partial charge in [-0.2, -0.15) is 0 Å². The molecule has 3 heterocycles. The third-order valence-electron chi connectivity index (χ3n) is 6.94. The van der Waals surface area contributed by atoms with E-state index < -0.39 is 6.04 Å². The van der Waals surface area contributed by atoms with Crippen LogP contribution in [0.3, 0.4) is 0 Å². The van der Waals surface area contributed by atoms with E-state index in [2.05, 4.69) is 10.9 Å². The number of aromatic hydroxyl groups is 1. The number of para-hydroxylation sites is 1. The first-order valence-electron chi connectivity index (χ1n) is 11.6. The Morgan fingerprint density at radius 3 is 2.70 bits per heavy atom. The zero-order chi connectivity index (χ0) is 22.9. The number of benzene rings is 2. The minimum absolute atomic E-state index is 0.0383. The number of hydrogen-bond donors (Lipinski definition) is 3. The summed E-state index contributed by atoms with van der Waals surface area (Å²) in [6.07, 6.45) is 2.01. The van der Waals surface area contributed by atoms with Gasteiger partial charge in [-0.15, -0.1) is 0 Å². The molecule has 33 heavy (non-hydrogen) atoms. The van der Waals surface area contributed by atoms with Gasteiger partial charge in [0.1, 0.15) is 11.8 Å². The molecular weight excluding hydrogens is 422 g/mol. The molecule has 3 aliphatic rings. The fraction of sp³-hybridized carbons (Fsp3) is 0.480. The van der Waals surface area contributed by atoms with Gasteiger partial charge in [0.15, 0.2) is 11.5 Å². The van der Waals surface area contributed by atoms with Gasteiger partial charge in [-0.3, -0.25) is 4.79 Å². The third-order valence-corrected chi connectivity index (χ3v) is 6.94. The molecule has 2 aromatic rings. The number of hydrazine groups is 1. The zero-order valence-electron chi connectivity index (χ0n) is 19.0. The van der Waals surface area contributed by atoms with Crippen molar-refractivity contribution in [3.8, 4) is 17.2 Å². The summed E-state index contributed by atoms with van der Waals surface area (Å²) in [5.74, 6) is 1.44. The summed E-state index contributed by atoms with van der Waals surface area (Å²) >= 11 is 0. The molecule has 0 saturated carbocycles. The highest BCUT2D eigenvalue weighted by Crippen LogP contribution is 2.49. The molecule has 0 aliphatic carbocycles. The first-order valence-corrected chi connectivity index (χ1v) is 11.6. The van der Waals surface area contributed by atoms with E-state index in [0.29, 0.717) is 24.7 Å². The second-order valence-corrected chi connectivity index (χ2v) is 8.79. The fourth-order valence-electron chi connectivity index (χ4n) is 5.47. The highest BCUT2D eigenvalue weighted by molar-refractivity contribution is 5.86. The van der Waals surface area contributed by atoms with Crippen LogP contribution in [0.5, 0.6) is 17.2 Å². The van der Waals surface area contributed by atoms with Gasteiger partial charge in [-0.05, 0) is 43.5 Å². The average molecular weight is 454 g/mol. The fourth-order valence-corrected chi connectivity index (χ4v) is 5.47. The van der Waals surface area contributed by atoms with E-state index in [1.165, 1.54) is 0 Å². The van der Waals surface area contributed by atoms with Crippen molar-refractivity contribution in [2.75, 3.05) is 26.9 Å². The highest BCUT2D eigenvalue weighted by atomic mass is 16.5. The summed E-state index contributed by atoms with van der Waals surface area (Å²) in [4.78, 5) is 15.5. The molecule has 3 N–H and O–H groups in total. The molecule has 3 aliphatic heterocycles. The van der Waals surface area contributed by atoms with Crippen molar-refractivity contribution >= 4 is 5.91 Å². The monoisotopic (exact) mass is 453 g/mol. The maximum atomic E-state index is 13.6. The number of carbonyl (C=O) groups is 1. The van der Waals surface area contributed by atoms with Crippen LogP contribution in [0.4, 0.5) is 0 Å². The number of carbonyl (C=O) groups excluding carboxylic acids is 1. The number of nitrogens with one attached hydrogen (secondary N) is 2. The Labute approximate surface area is 193 Å². The first kappa shape index (κ1) is 22.0. The topological polar surface area (TPSA) is 92.3 Å². The number of rotatable bonds is 7. The molecular formula is C25H31N3O5. The number of amides is 1. The van der Waals surface area contributed by atoms with Crippen LogP contribution in [0.15, 0.2) is 42.5 Å². The number of ether oxygens (including phenoxy) is 3. The lowest BCUT2D eigenvalue weighted by Gasteiger charge is -2.33. The van der Waals surface area contributed by atoms with Gasteiger partial charge in [0.2, 0.25) is 5.91 Å². The SMILES string of the molecule is CCOc1ccc(C2C3C(NNC3c3ccccc3O)C(=O)N2CC2CCCO2)cc1OC. The first-order chi connectivity index (χ1) is 16.1. The molecule has 5 rings (SSSR count). The van der Waals surface area contributed by atoms with Gasteiger partial charge < -0.3 is 24.2 Å². The van der Waals surface area contributed by atoms with E-state index in [-0.39, 0.29) is 35.8 Å². The van der Waals surface area contributed by atoms with E-state index in [9.17, 15) is 9.90 Å². The molecule has 2 aromatic carbocycles. The van der Waals surface area contributed by atoms with Gasteiger partial charge in [-0.25, -0.2) is 10.9 Å². The number of phenolic OH excluding ortho intramolecular Hbond substituents is 1. The van der Waals surface area contributed by atoms with Crippen molar-refractivity contribution in [3.05, 3.63) is 53.6 Å². The summed E-state index contributed by atoms with van der Waals surface area (Å²) in [6, 6.07) is 12.3. The Hall–Kier alpha value is -2.81. The van der Waals surface area contributed by atoms with Crippen LogP contribution in [0.1, 0.15) is 43.0 Å². The minimum atomic E-state index is -0.404.